The summed E-state index contributed by atoms with van der Waals surface area (Å²) in [6.07, 6.45) is 2.21. The summed E-state index contributed by atoms with van der Waals surface area (Å²) in [5.74, 6) is -0.343. The standard InChI is InChI=1S/C23H19NO2/c1-13-7-2-3-8-14(13)19-20-17(11-6-12-18(20)25)24-22-15-9-4-5-10-16(15)23(26)21(19)22/h2-5,7-10,19,21H,6,11-12H2,1H3/t19-,21-/m0/s1. The number of ketones is 2. The van der Waals surface area contributed by atoms with E-state index in [1.54, 1.807) is 0 Å². The Labute approximate surface area is 152 Å². The average molecular weight is 341 g/mol. The Balaban J connectivity index is 1.80. The number of allylic oxidation sites excluding steroid dienone is 2. The molecule has 1 heterocycles. The van der Waals surface area contributed by atoms with Crippen LogP contribution in [0.3, 0.4) is 0 Å². The van der Waals surface area contributed by atoms with Gasteiger partial charge >= 0.3 is 0 Å². The van der Waals surface area contributed by atoms with Crippen LogP contribution in [0.1, 0.15) is 52.2 Å². The SMILES string of the molecule is Cc1ccccc1[C@H]1C2=C(CCCC2=O)N=C2c3ccccc3C(=O)[C@H]21. The van der Waals surface area contributed by atoms with Gasteiger partial charge in [-0.2, -0.15) is 0 Å². The van der Waals surface area contributed by atoms with E-state index < -0.39 is 0 Å². The number of hydrogen-bond donors (Lipinski definition) is 0. The molecule has 0 spiro atoms. The zero-order valence-corrected chi connectivity index (χ0v) is 14.7. The Kier molecular flexibility index (Phi) is 3.33. The fraction of sp³-hybridized carbons (Fsp3) is 0.261. The third-order valence-electron chi connectivity index (χ3n) is 5.90. The largest absolute Gasteiger partial charge is 0.294 e. The minimum absolute atomic E-state index is 0.0949. The monoisotopic (exact) mass is 341 g/mol. The van der Waals surface area contributed by atoms with Crippen LogP contribution in [0.2, 0.25) is 0 Å². The van der Waals surface area contributed by atoms with Crippen molar-refractivity contribution in [1.82, 2.24) is 0 Å². The number of hydrogen-bond acceptors (Lipinski definition) is 3. The van der Waals surface area contributed by atoms with Crippen molar-refractivity contribution >= 4 is 17.3 Å². The molecule has 1 aliphatic heterocycles. The first-order chi connectivity index (χ1) is 12.7. The summed E-state index contributed by atoms with van der Waals surface area (Å²) >= 11 is 0. The van der Waals surface area contributed by atoms with Crippen molar-refractivity contribution < 1.29 is 9.59 Å². The van der Waals surface area contributed by atoms with Gasteiger partial charge in [-0.15, -0.1) is 0 Å². The molecule has 128 valence electrons. The van der Waals surface area contributed by atoms with Gasteiger partial charge in [0.1, 0.15) is 0 Å². The van der Waals surface area contributed by atoms with Gasteiger partial charge in [-0.05, 0) is 30.9 Å². The lowest BCUT2D eigenvalue weighted by molar-refractivity contribution is -0.116. The number of carbonyl (C=O) groups is 2. The van der Waals surface area contributed by atoms with Crippen LogP contribution in [0, 0.1) is 12.8 Å². The molecule has 2 aromatic carbocycles. The Morgan fingerprint density at radius 1 is 0.885 bits per heavy atom. The minimum Gasteiger partial charge on any atom is -0.294 e. The molecule has 2 atom stereocenters. The molecule has 3 heteroatoms. The van der Waals surface area contributed by atoms with E-state index in [0.717, 1.165) is 52.1 Å². The molecule has 3 nitrogen and oxygen atoms in total. The highest BCUT2D eigenvalue weighted by Gasteiger charge is 2.48. The molecule has 2 aliphatic carbocycles. The number of carbonyl (C=O) groups excluding carboxylic acids is 2. The summed E-state index contributed by atoms with van der Waals surface area (Å²) in [7, 11) is 0. The van der Waals surface area contributed by atoms with Gasteiger partial charge in [-0.25, -0.2) is 0 Å². The first-order valence-corrected chi connectivity index (χ1v) is 9.21. The van der Waals surface area contributed by atoms with Gasteiger partial charge < -0.3 is 0 Å². The van der Waals surface area contributed by atoms with Gasteiger partial charge in [0, 0.05) is 34.7 Å². The number of aliphatic imine (C=N–C) groups is 1. The van der Waals surface area contributed by atoms with Crippen LogP contribution >= 0.6 is 0 Å². The van der Waals surface area contributed by atoms with Crippen molar-refractivity contribution in [2.45, 2.75) is 32.1 Å². The van der Waals surface area contributed by atoms with Gasteiger partial charge in [-0.1, -0.05) is 48.5 Å². The third kappa shape index (κ3) is 2.03. The maximum Gasteiger partial charge on any atom is 0.173 e. The number of aryl methyl sites for hydroxylation is 1. The summed E-state index contributed by atoms with van der Waals surface area (Å²) < 4.78 is 0. The van der Waals surface area contributed by atoms with E-state index in [2.05, 4.69) is 19.1 Å². The normalized spacial score (nSPS) is 24.1. The van der Waals surface area contributed by atoms with Crippen LogP contribution in [0.25, 0.3) is 0 Å². The second-order valence-electron chi connectivity index (χ2n) is 7.36. The highest BCUT2D eigenvalue weighted by molar-refractivity contribution is 6.30. The maximum absolute atomic E-state index is 13.3. The van der Waals surface area contributed by atoms with Crippen LogP contribution in [0.5, 0.6) is 0 Å². The summed E-state index contributed by atoms with van der Waals surface area (Å²) in [4.78, 5) is 31.0. The van der Waals surface area contributed by atoms with Gasteiger partial charge in [0.2, 0.25) is 0 Å². The van der Waals surface area contributed by atoms with Crippen molar-refractivity contribution in [3.8, 4) is 0 Å². The minimum atomic E-state index is -0.380. The summed E-state index contributed by atoms with van der Waals surface area (Å²) in [6, 6.07) is 15.8. The number of fused-ring (bicyclic) bond motifs is 3. The van der Waals surface area contributed by atoms with Gasteiger partial charge in [0.25, 0.3) is 0 Å². The molecule has 0 fully saturated rings. The van der Waals surface area contributed by atoms with E-state index in [1.165, 1.54) is 0 Å². The van der Waals surface area contributed by atoms with E-state index >= 15 is 0 Å². The Morgan fingerprint density at radius 2 is 1.62 bits per heavy atom. The van der Waals surface area contributed by atoms with Crippen LogP contribution < -0.4 is 0 Å². The predicted molar refractivity (Wildman–Crippen MR) is 101 cm³/mol. The quantitative estimate of drug-likeness (QED) is 0.772. The maximum atomic E-state index is 13.3. The van der Waals surface area contributed by atoms with Crippen LogP contribution in [0.4, 0.5) is 0 Å². The van der Waals surface area contributed by atoms with E-state index in [4.69, 9.17) is 4.99 Å². The van der Waals surface area contributed by atoms with Gasteiger partial charge in [0.15, 0.2) is 11.6 Å². The first-order valence-electron chi connectivity index (χ1n) is 9.21. The summed E-state index contributed by atoms with van der Waals surface area (Å²) in [5, 5.41) is 0. The molecule has 3 aliphatic rings. The van der Waals surface area contributed by atoms with Crippen molar-refractivity contribution in [3.63, 3.8) is 0 Å². The highest BCUT2D eigenvalue weighted by Crippen LogP contribution is 2.48. The summed E-state index contributed by atoms with van der Waals surface area (Å²) in [6.45, 7) is 2.06. The van der Waals surface area contributed by atoms with Crippen LogP contribution in [-0.2, 0) is 4.79 Å². The molecule has 0 amide bonds. The molecular formula is C23H19NO2. The van der Waals surface area contributed by atoms with Gasteiger partial charge in [-0.3, -0.25) is 14.6 Å². The molecule has 0 saturated carbocycles. The molecule has 0 unspecified atom stereocenters. The molecule has 0 aromatic heterocycles. The Bertz CT molecular complexity index is 1030. The Morgan fingerprint density at radius 3 is 2.42 bits per heavy atom. The average Bonchev–Trinajstić information content (AvgIpc) is 2.94. The zero-order chi connectivity index (χ0) is 17.8. The van der Waals surface area contributed by atoms with E-state index in [0.29, 0.717) is 6.42 Å². The molecule has 26 heavy (non-hydrogen) atoms. The fourth-order valence-electron chi connectivity index (χ4n) is 4.72. The predicted octanol–water partition coefficient (Wildman–Crippen LogP) is 4.40. The second kappa shape index (κ2) is 5.60. The van der Waals surface area contributed by atoms with Gasteiger partial charge in [0.05, 0.1) is 11.6 Å². The smallest absolute Gasteiger partial charge is 0.173 e. The molecule has 0 bridgehead atoms. The lowest BCUT2D eigenvalue weighted by atomic mass is 9.70. The molecular weight excluding hydrogens is 322 g/mol. The van der Waals surface area contributed by atoms with Crippen molar-refractivity contribution in [1.29, 1.82) is 0 Å². The first kappa shape index (κ1) is 15.4. The fourth-order valence-corrected chi connectivity index (χ4v) is 4.72. The zero-order valence-electron chi connectivity index (χ0n) is 14.7. The second-order valence-corrected chi connectivity index (χ2v) is 7.36. The summed E-state index contributed by atoms with van der Waals surface area (Å²) in [5.41, 5.74) is 6.40. The molecule has 5 rings (SSSR count). The van der Waals surface area contributed by atoms with Crippen LogP contribution in [-0.4, -0.2) is 17.3 Å². The lowest BCUT2D eigenvalue weighted by Crippen LogP contribution is -2.34. The third-order valence-corrected chi connectivity index (χ3v) is 5.90. The van der Waals surface area contributed by atoms with Crippen molar-refractivity contribution in [2.24, 2.45) is 10.9 Å². The molecule has 0 radical (unpaired) electrons. The highest BCUT2D eigenvalue weighted by atomic mass is 16.1. The lowest BCUT2D eigenvalue weighted by Gasteiger charge is -2.33. The molecule has 0 N–H and O–H groups in total. The van der Waals surface area contributed by atoms with E-state index in [9.17, 15) is 9.59 Å². The number of Topliss-reactive ketones (excluding diaryl/α,β-unsaturated/α-hetero) is 2. The number of rotatable bonds is 1. The van der Waals surface area contributed by atoms with E-state index in [1.807, 2.05) is 36.4 Å². The number of benzene rings is 2. The van der Waals surface area contributed by atoms with Crippen molar-refractivity contribution in [3.05, 3.63) is 82.1 Å². The van der Waals surface area contributed by atoms with Crippen molar-refractivity contribution in [2.75, 3.05) is 0 Å². The number of nitrogens with zero attached hydrogens (tertiary/aromatic N) is 1. The molecule has 2 aromatic rings. The van der Waals surface area contributed by atoms with Crippen LogP contribution in [0.15, 0.2) is 64.8 Å². The molecule has 0 saturated heterocycles. The topological polar surface area (TPSA) is 46.5 Å². The Hall–Kier alpha value is -2.81. The van der Waals surface area contributed by atoms with E-state index in [-0.39, 0.29) is 23.4 Å².